The van der Waals surface area contributed by atoms with Crippen LogP contribution in [0.15, 0.2) is 18.2 Å². The van der Waals surface area contributed by atoms with Crippen LogP contribution < -0.4 is 5.32 Å². The van der Waals surface area contributed by atoms with Crippen molar-refractivity contribution in [2.24, 2.45) is 0 Å². The predicted molar refractivity (Wildman–Crippen MR) is 62.3 cm³/mol. The van der Waals surface area contributed by atoms with Crippen molar-refractivity contribution in [2.45, 2.75) is 6.10 Å². The van der Waals surface area contributed by atoms with E-state index in [0.29, 0.717) is 18.9 Å². The summed E-state index contributed by atoms with van der Waals surface area (Å²) in [4.78, 5) is 11.7. The van der Waals surface area contributed by atoms with Crippen molar-refractivity contribution in [1.29, 1.82) is 0 Å². The number of benzene rings is 1. The molecule has 1 aromatic carbocycles. The Bertz CT molecular complexity index is 418. The van der Waals surface area contributed by atoms with E-state index in [0.717, 1.165) is 0 Å². The highest BCUT2D eigenvalue weighted by atomic mass is 35.5. The Labute approximate surface area is 103 Å². The molecule has 2 N–H and O–H groups in total. The number of carbonyl (C=O) groups excluding carboxylic acids is 1. The van der Waals surface area contributed by atoms with Gasteiger partial charge in [-0.2, -0.15) is 0 Å². The number of hydrogen-bond donors (Lipinski definition) is 2. The molecule has 1 aromatic rings. The minimum Gasteiger partial charge on any atom is -0.506 e. The largest absolute Gasteiger partial charge is 0.506 e. The van der Waals surface area contributed by atoms with Crippen molar-refractivity contribution in [2.75, 3.05) is 25.1 Å². The van der Waals surface area contributed by atoms with Gasteiger partial charge in [0.05, 0.1) is 24.8 Å². The summed E-state index contributed by atoms with van der Waals surface area (Å²) in [6.07, 6.45) is -0.601. The minimum absolute atomic E-state index is 0.0260. The van der Waals surface area contributed by atoms with Gasteiger partial charge in [0.25, 0.3) is 5.91 Å². The highest BCUT2D eigenvalue weighted by Gasteiger charge is 2.22. The second-order valence-corrected chi connectivity index (χ2v) is 4.00. The quantitative estimate of drug-likeness (QED) is 0.786. The number of nitrogens with one attached hydrogen (secondary N) is 1. The molecule has 1 aliphatic heterocycles. The monoisotopic (exact) mass is 257 g/mol. The average Bonchev–Trinajstić information content (AvgIpc) is 2.35. The Hall–Kier alpha value is -1.30. The lowest BCUT2D eigenvalue weighted by atomic mass is 10.2. The Morgan fingerprint density at radius 2 is 2.29 bits per heavy atom. The smallest absolute Gasteiger partial charge is 0.255 e. The standard InChI is InChI=1S/C11H12ClNO4/c12-8-5-7(1-2-9(8)14)13-11(15)10-6-16-3-4-17-10/h1-2,5,10,14H,3-4,6H2,(H,13,15). The van der Waals surface area contributed by atoms with Gasteiger partial charge in [-0.3, -0.25) is 4.79 Å². The summed E-state index contributed by atoms with van der Waals surface area (Å²) in [5.41, 5.74) is 0.506. The highest BCUT2D eigenvalue weighted by Crippen LogP contribution is 2.26. The topological polar surface area (TPSA) is 67.8 Å². The van der Waals surface area contributed by atoms with Crippen LogP contribution in [-0.2, 0) is 14.3 Å². The summed E-state index contributed by atoms with van der Waals surface area (Å²) in [5.74, 6) is -0.312. The molecule has 0 radical (unpaired) electrons. The predicted octanol–water partition coefficient (Wildman–Crippen LogP) is 1.40. The van der Waals surface area contributed by atoms with Crippen LogP contribution in [0.1, 0.15) is 0 Å². The molecule has 1 saturated heterocycles. The van der Waals surface area contributed by atoms with Crippen molar-refractivity contribution in [3.05, 3.63) is 23.2 Å². The van der Waals surface area contributed by atoms with E-state index < -0.39 is 6.10 Å². The molecular formula is C11H12ClNO4. The Kier molecular flexibility index (Phi) is 3.83. The van der Waals surface area contributed by atoms with E-state index in [-0.39, 0.29) is 23.3 Å². The van der Waals surface area contributed by atoms with Gasteiger partial charge in [-0.05, 0) is 18.2 Å². The molecule has 17 heavy (non-hydrogen) atoms. The molecule has 1 unspecified atom stereocenters. The van der Waals surface area contributed by atoms with E-state index in [4.69, 9.17) is 21.1 Å². The second kappa shape index (κ2) is 5.35. The summed E-state index contributed by atoms with van der Waals surface area (Å²) in [6, 6.07) is 4.44. The zero-order valence-electron chi connectivity index (χ0n) is 8.98. The van der Waals surface area contributed by atoms with Gasteiger partial charge in [0, 0.05) is 5.69 Å². The lowest BCUT2D eigenvalue weighted by Crippen LogP contribution is -2.39. The summed E-state index contributed by atoms with van der Waals surface area (Å²) < 4.78 is 10.4. The first-order valence-electron chi connectivity index (χ1n) is 5.15. The maximum atomic E-state index is 11.7. The van der Waals surface area contributed by atoms with E-state index in [1.807, 2.05) is 0 Å². The molecule has 0 aliphatic carbocycles. The van der Waals surface area contributed by atoms with Gasteiger partial charge in [0.2, 0.25) is 0 Å². The number of carbonyl (C=O) groups is 1. The number of amides is 1. The van der Waals surface area contributed by atoms with Crippen LogP contribution in [0.2, 0.25) is 5.02 Å². The molecule has 0 aromatic heterocycles. The first-order chi connectivity index (χ1) is 8.16. The minimum atomic E-state index is -0.601. The summed E-state index contributed by atoms with van der Waals surface area (Å²) in [7, 11) is 0. The number of anilines is 1. The molecule has 1 atom stereocenters. The van der Waals surface area contributed by atoms with Gasteiger partial charge >= 0.3 is 0 Å². The fourth-order valence-electron chi connectivity index (χ4n) is 1.45. The molecule has 2 rings (SSSR count). The maximum absolute atomic E-state index is 11.7. The van der Waals surface area contributed by atoms with Gasteiger partial charge < -0.3 is 19.9 Å². The molecule has 0 bridgehead atoms. The van der Waals surface area contributed by atoms with Crippen molar-refractivity contribution < 1.29 is 19.4 Å². The molecular weight excluding hydrogens is 246 g/mol. The maximum Gasteiger partial charge on any atom is 0.255 e. The second-order valence-electron chi connectivity index (χ2n) is 3.59. The van der Waals surface area contributed by atoms with Gasteiger partial charge in [0.1, 0.15) is 5.75 Å². The molecule has 92 valence electrons. The zero-order chi connectivity index (χ0) is 12.3. The third kappa shape index (κ3) is 3.09. The number of rotatable bonds is 2. The molecule has 1 aliphatic rings. The van der Waals surface area contributed by atoms with Crippen LogP contribution in [0.4, 0.5) is 5.69 Å². The average molecular weight is 258 g/mol. The van der Waals surface area contributed by atoms with E-state index in [1.54, 1.807) is 6.07 Å². The number of phenols is 1. The number of ether oxygens (including phenoxy) is 2. The van der Waals surface area contributed by atoms with Gasteiger partial charge in [-0.1, -0.05) is 11.6 Å². The molecule has 6 heteroatoms. The van der Waals surface area contributed by atoms with Crippen molar-refractivity contribution in [3.63, 3.8) is 0 Å². The van der Waals surface area contributed by atoms with Crippen molar-refractivity contribution in [1.82, 2.24) is 0 Å². The number of hydrogen-bond acceptors (Lipinski definition) is 4. The molecule has 0 spiro atoms. The first-order valence-corrected chi connectivity index (χ1v) is 5.53. The van der Waals surface area contributed by atoms with E-state index in [1.165, 1.54) is 12.1 Å². The first kappa shape index (κ1) is 12.2. The van der Waals surface area contributed by atoms with Crippen LogP contribution in [0.5, 0.6) is 5.75 Å². The highest BCUT2D eigenvalue weighted by molar-refractivity contribution is 6.32. The third-order valence-corrected chi connectivity index (χ3v) is 2.63. The van der Waals surface area contributed by atoms with Crippen LogP contribution in [0, 0.1) is 0 Å². The van der Waals surface area contributed by atoms with Crippen molar-refractivity contribution >= 4 is 23.2 Å². The van der Waals surface area contributed by atoms with E-state index in [9.17, 15) is 9.90 Å². The Morgan fingerprint density at radius 3 is 2.94 bits per heavy atom. The lowest BCUT2D eigenvalue weighted by molar-refractivity contribution is -0.142. The van der Waals surface area contributed by atoms with Gasteiger partial charge in [-0.15, -0.1) is 0 Å². The number of aromatic hydroxyl groups is 1. The SMILES string of the molecule is O=C(Nc1ccc(O)c(Cl)c1)C1COCCO1. The van der Waals surface area contributed by atoms with Crippen LogP contribution in [-0.4, -0.2) is 36.9 Å². The fourth-order valence-corrected chi connectivity index (χ4v) is 1.63. The van der Waals surface area contributed by atoms with Crippen molar-refractivity contribution in [3.8, 4) is 5.75 Å². The molecule has 1 amide bonds. The normalized spacial score (nSPS) is 19.9. The molecule has 1 fully saturated rings. The fraction of sp³-hybridized carbons (Fsp3) is 0.364. The van der Waals surface area contributed by atoms with Crippen LogP contribution >= 0.6 is 11.6 Å². The van der Waals surface area contributed by atoms with Crippen LogP contribution in [0.25, 0.3) is 0 Å². The molecule has 5 nitrogen and oxygen atoms in total. The number of halogens is 1. The lowest BCUT2D eigenvalue weighted by Gasteiger charge is -2.22. The number of phenolic OH excluding ortho intramolecular Hbond substituents is 1. The summed E-state index contributed by atoms with van der Waals surface area (Å²) in [6.45, 7) is 1.17. The summed E-state index contributed by atoms with van der Waals surface area (Å²) in [5, 5.41) is 12.1. The summed E-state index contributed by atoms with van der Waals surface area (Å²) >= 11 is 5.73. The zero-order valence-corrected chi connectivity index (χ0v) is 9.74. The third-order valence-electron chi connectivity index (χ3n) is 2.32. The molecule has 0 saturated carbocycles. The van der Waals surface area contributed by atoms with E-state index >= 15 is 0 Å². The van der Waals surface area contributed by atoms with Gasteiger partial charge in [-0.25, -0.2) is 0 Å². The van der Waals surface area contributed by atoms with Gasteiger partial charge in [0.15, 0.2) is 6.10 Å². The Morgan fingerprint density at radius 1 is 1.47 bits per heavy atom. The van der Waals surface area contributed by atoms with Crippen LogP contribution in [0.3, 0.4) is 0 Å². The molecule has 1 heterocycles. The van der Waals surface area contributed by atoms with E-state index in [2.05, 4.69) is 5.32 Å². The Balaban J connectivity index is 1.99.